The number of alkyl halides is 3. The number of esters is 2. The van der Waals surface area contributed by atoms with E-state index in [0.29, 0.717) is 24.9 Å². The second-order valence-corrected chi connectivity index (χ2v) is 7.65. The number of hydrogen-bond donors (Lipinski definition) is 0. The lowest BCUT2D eigenvalue weighted by Crippen LogP contribution is -2.44. The summed E-state index contributed by atoms with van der Waals surface area (Å²) in [5.41, 5.74) is -0.176. The summed E-state index contributed by atoms with van der Waals surface area (Å²) in [4.78, 5) is 35.4. The van der Waals surface area contributed by atoms with Crippen molar-refractivity contribution in [2.45, 2.75) is 44.8 Å². The Kier molecular flexibility index (Phi) is 6.19. The van der Waals surface area contributed by atoms with E-state index < -0.39 is 41.8 Å². The highest BCUT2D eigenvalue weighted by Gasteiger charge is 2.58. The van der Waals surface area contributed by atoms with Gasteiger partial charge in [0.1, 0.15) is 18.8 Å². The summed E-state index contributed by atoms with van der Waals surface area (Å²) in [5, 5.41) is 0. The van der Waals surface area contributed by atoms with Crippen LogP contribution < -0.4 is 0 Å². The molecule has 2 aliphatic carbocycles. The Hall–Kier alpha value is -2.84. The molecule has 2 aliphatic rings. The van der Waals surface area contributed by atoms with Gasteiger partial charge in [0, 0.05) is 17.4 Å². The van der Waals surface area contributed by atoms with Crippen molar-refractivity contribution in [1.82, 2.24) is 0 Å². The van der Waals surface area contributed by atoms with E-state index in [1.807, 2.05) is 0 Å². The van der Waals surface area contributed by atoms with E-state index in [9.17, 15) is 27.6 Å². The van der Waals surface area contributed by atoms with E-state index in [-0.39, 0.29) is 24.0 Å². The summed E-state index contributed by atoms with van der Waals surface area (Å²) in [7, 11) is 0. The van der Waals surface area contributed by atoms with Gasteiger partial charge in [0.2, 0.25) is 0 Å². The highest BCUT2D eigenvalue weighted by atomic mass is 19.4. The molecule has 0 N–H and O–H groups in total. The molecule has 1 aromatic rings. The second-order valence-electron chi connectivity index (χ2n) is 7.65. The Morgan fingerprint density at radius 3 is 2.40 bits per heavy atom. The van der Waals surface area contributed by atoms with Crippen molar-refractivity contribution in [3.63, 3.8) is 0 Å². The first-order chi connectivity index (χ1) is 14.1. The van der Waals surface area contributed by atoms with Crippen molar-refractivity contribution in [2.75, 3.05) is 0 Å². The monoisotopic (exact) mass is 426 g/mol. The number of fused-ring (bicyclic) bond motifs is 2. The molecule has 30 heavy (non-hydrogen) atoms. The van der Waals surface area contributed by atoms with E-state index >= 15 is 0 Å². The molecular formula is C21H21F3O6. The third-order valence-corrected chi connectivity index (χ3v) is 5.63. The molecule has 0 radical (unpaired) electrons. The minimum absolute atomic E-state index is 0.147. The second kappa shape index (κ2) is 8.49. The fourth-order valence-electron chi connectivity index (χ4n) is 4.21. The third-order valence-electron chi connectivity index (χ3n) is 5.63. The SMILES string of the molecule is C=C(C)C(=O)OC1C2CC(CC2C(=O)OCc2ccc(C(F)(F)F)cc2)C1OC=O. The Morgan fingerprint density at radius 2 is 1.83 bits per heavy atom. The summed E-state index contributed by atoms with van der Waals surface area (Å²) in [6, 6.07) is 4.36. The molecule has 0 saturated heterocycles. The molecule has 5 unspecified atom stereocenters. The lowest BCUT2D eigenvalue weighted by Gasteiger charge is -2.33. The van der Waals surface area contributed by atoms with Gasteiger partial charge in [-0.2, -0.15) is 13.2 Å². The van der Waals surface area contributed by atoms with Gasteiger partial charge in [0.25, 0.3) is 6.47 Å². The number of hydrogen-bond acceptors (Lipinski definition) is 6. The Morgan fingerprint density at radius 1 is 1.17 bits per heavy atom. The van der Waals surface area contributed by atoms with Gasteiger partial charge in [-0.05, 0) is 37.5 Å². The maximum absolute atomic E-state index is 12.6. The summed E-state index contributed by atoms with van der Waals surface area (Å²) in [6.45, 7) is 5.13. The highest BCUT2D eigenvalue weighted by molar-refractivity contribution is 5.87. The molecule has 0 spiro atoms. The lowest BCUT2D eigenvalue weighted by atomic mass is 9.84. The Bertz CT molecular complexity index is 832. The van der Waals surface area contributed by atoms with Gasteiger partial charge in [0.05, 0.1) is 11.5 Å². The van der Waals surface area contributed by atoms with Crippen molar-refractivity contribution in [3.8, 4) is 0 Å². The molecule has 2 saturated carbocycles. The molecule has 0 amide bonds. The van der Waals surface area contributed by atoms with Gasteiger partial charge in [-0.3, -0.25) is 9.59 Å². The lowest BCUT2D eigenvalue weighted by molar-refractivity contribution is -0.171. The normalized spacial score (nSPS) is 27.4. The molecule has 9 heteroatoms. The topological polar surface area (TPSA) is 78.9 Å². The zero-order valence-corrected chi connectivity index (χ0v) is 16.2. The van der Waals surface area contributed by atoms with E-state index in [2.05, 4.69) is 6.58 Å². The van der Waals surface area contributed by atoms with Crippen molar-refractivity contribution >= 4 is 18.4 Å². The van der Waals surface area contributed by atoms with Crippen LogP contribution >= 0.6 is 0 Å². The Balaban J connectivity index is 1.63. The minimum atomic E-state index is -4.44. The number of benzene rings is 1. The predicted octanol–water partition coefficient (Wildman–Crippen LogP) is 3.43. The van der Waals surface area contributed by atoms with Crippen LogP contribution in [0.4, 0.5) is 13.2 Å². The first-order valence-electron chi connectivity index (χ1n) is 9.40. The van der Waals surface area contributed by atoms with Gasteiger partial charge >= 0.3 is 18.1 Å². The van der Waals surface area contributed by atoms with Gasteiger partial charge in [-0.15, -0.1) is 0 Å². The molecule has 0 aromatic heterocycles. The fraction of sp³-hybridized carbons (Fsp3) is 0.476. The summed E-state index contributed by atoms with van der Waals surface area (Å²) < 4.78 is 53.7. The first-order valence-corrected chi connectivity index (χ1v) is 9.40. The summed E-state index contributed by atoms with van der Waals surface area (Å²) >= 11 is 0. The molecule has 2 fully saturated rings. The van der Waals surface area contributed by atoms with Crippen LogP contribution in [0, 0.1) is 17.8 Å². The largest absolute Gasteiger partial charge is 0.461 e. The standard InChI is InChI=1S/C21H21F3O6/c1-11(2)19(26)30-18-15-7-13(17(18)29-10-25)8-16(15)20(27)28-9-12-3-5-14(6-4-12)21(22,23)24/h3-6,10,13,15-18H,1,7-9H2,2H3. The zero-order valence-electron chi connectivity index (χ0n) is 16.2. The minimum Gasteiger partial charge on any atom is -0.461 e. The van der Waals surface area contributed by atoms with Crippen LogP contribution in [0.15, 0.2) is 36.4 Å². The van der Waals surface area contributed by atoms with E-state index in [1.165, 1.54) is 19.1 Å². The molecule has 1 aromatic carbocycles. The van der Waals surface area contributed by atoms with Crippen LogP contribution in [0.25, 0.3) is 0 Å². The van der Waals surface area contributed by atoms with Crippen LogP contribution in [-0.2, 0) is 41.4 Å². The maximum Gasteiger partial charge on any atom is 0.416 e. The van der Waals surface area contributed by atoms with Crippen LogP contribution in [0.5, 0.6) is 0 Å². The number of carbonyl (C=O) groups excluding carboxylic acids is 3. The maximum atomic E-state index is 12.6. The summed E-state index contributed by atoms with van der Waals surface area (Å²) in [5.74, 6) is -2.23. The molecule has 2 bridgehead atoms. The molecule has 0 heterocycles. The van der Waals surface area contributed by atoms with E-state index in [1.54, 1.807) is 0 Å². The van der Waals surface area contributed by atoms with E-state index in [0.717, 1.165) is 12.1 Å². The average Bonchev–Trinajstić information content (AvgIpc) is 3.25. The van der Waals surface area contributed by atoms with Gasteiger partial charge in [0.15, 0.2) is 0 Å². The van der Waals surface area contributed by atoms with Gasteiger partial charge in [-0.25, -0.2) is 4.79 Å². The van der Waals surface area contributed by atoms with Crippen molar-refractivity contribution < 1.29 is 41.8 Å². The molecule has 0 aliphatic heterocycles. The number of rotatable bonds is 7. The van der Waals surface area contributed by atoms with Crippen LogP contribution in [0.1, 0.15) is 30.9 Å². The number of carbonyl (C=O) groups is 3. The van der Waals surface area contributed by atoms with Crippen LogP contribution in [0.2, 0.25) is 0 Å². The van der Waals surface area contributed by atoms with Crippen molar-refractivity contribution in [1.29, 1.82) is 0 Å². The van der Waals surface area contributed by atoms with Gasteiger partial charge < -0.3 is 14.2 Å². The first kappa shape index (κ1) is 21.9. The Labute approximate surface area is 171 Å². The quantitative estimate of drug-likeness (QED) is 0.288. The highest BCUT2D eigenvalue weighted by Crippen LogP contribution is 2.51. The fourth-order valence-corrected chi connectivity index (χ4v) is 4.21. The molecule has 6 nitrogen and oxygen atoms in total. The molecule has 3 rings (SSSR count). The zero-order chi connectivity index (χ0) is 22.1. The average molecular weight is 426 g/mol. The van der Waals surface area contributed by atoms with E-state index in [4.69, 9.17) is 14.2 Å². The molecular weight excluding hydrogens is 405 g/mol. The van der Waals surface area contributed by atoms with Crippen molar-refractivity contribution in [3.05, 3.63) is 47.5 Å². The van der Waals surface area contributed by atoms with Crippen LogP contribution in [-0.4, -0.2) is 30.6 Å². The smallest absolute Gasteiger partial charge is 0.416 e. The number of ether oxygens (including phenoxy) is 3. The molecule has 5 atom stereocenters. The summed E-state index contributed by atoms with van der Waals surface area (Å²) in [6.07, 6.45) is -4.89. The van der Waals surface area contributed by atoms with Crippen molar-refractivity contribution in [2.24, 2.45) is 17.8 Å². The van der Waals surface area contributed by atoms with Crippen LogP contribution in [0.3, 0.4) is 0 Å². The third kappa shape index (κ3) is 4.49. The predicted molar refractivity (Wildman–Crippen MR) is 96.6 cm³/mol. The van der Waals surface area contributed by atoms with Gasteiger partial charge in [-0.1, -0.05) is 18.7 Å². The number of halogens is 3. The molecule has 162 valence electrons.